The summed E-state index contributed by atoms with van der Waals surface area (Å²) in [6.45, 7) is 8.61. The van der Waals surface area contributed by atoms with Crippen LogP contribution >= 0.6 is 0 Å². The normalized spacial score (nSPS) is 40.6. The van der Waals surface area contributed by atoms with Crippen LogP contribution in [-0.2, 0) is 17.8 Å². The number of ether oxygens (including phenoxy) is 2. The van der Waals surface area contributed by atoms with E-state index in [9.17, 15) is 15.0 Å². The number of rotatable bonds is 6. The van der Waals surface area contributed by atoms with E-state index < -0.39 is 0 Å². The Morgan fingerprint density at radius 1 is 1.00 bits per heavy atom. The molecule has 5 aliphatic rings. The summed E-state index contributed by atoms with van der Waals surface area (Å²) in [5.41, 5.74) is 2.60. The molecule has 4 fully saturated rings. The highest BCUT2D eigenvalue weighted by Gasteiger charge is 2.63. The van der Waals surface area contributed by atoms with Gasteiger partial charge in [-0.3, -0.25) is 4.79 Å². The molecule has 1 aromatic carbocycles. The molecule has 2 N–H and O–H groups in total. The standard InChI is InChI=1S/C35H53NO5/c1-21(6-11-33(39)36-15-13-22-16-30(40-4)31(41-5)17-23(22)20-36)27-9-10-28-26-8-7-24-18-25(37)12-14-34(24,2)29(26)19-32(38)35(27,28)3/h16-17,21,24-29,32,37-38H,6-15,18-20H2,1-5H3. The Morgan fingerprint density at radius 2 is 1.73 bits per heavy atom. The van der Waals surface area contributed by atoms with E-state index in [1.807, 2.05) is 11.0 Å². The largest absolute Gasteiger partial charge is 0.493 e. The number of methoxy groups -OCH3 is 2. The van der Waals surface area contributed by atoms with Crippen LogP contribution in [0.4, 0.5) is 0 Å². The summed E-state index contributed by atoms with van der Waals surface area (Å²) < 4.78 is 11.0. The van der Waals surface area contributed by atoms with Crippen molar-refractivity contribution in [1.29, 1.82) is 0 Å². The topological polar surface area (TPSA) is 79.2 Å². The van der Waals surface area contributed by atoms with Crippen LogP contribution in [0, 0.1) is 46.3 Å². The Balaban J connectivity index is 1.10. The lowest BCUT2D eigenvalue weighted by Gasteiger charge is -2.62. The lowest BCUT2D eigenvalue weighted by molar-refractivity contribution is -0.175. The van der Waals surface area contributed by atoms with Gasteiger partial charge in [-0.05, 0) is 134 Å². The molecule has 1 aromatic rings. The van der Waals surface area contributed by atoms with E-state index in [-0.39, 0.29) is 28.9 Å². The van der Waals surface area contributed by atoms with Gasteiger partial charge in [0, 0.05) is 19.5 Å². The van der Waals surface area contributed by atoms with Crippen molar-refractivity contribution >= 4 is 5.91 Å². The summed E-state index contributed by atoms with van der Waals surface area (Å²) in [7, 11) is 3.32. The monoisotopic (exact) mass is 567 g/mol. The number of fused-ring (bicyclic) bond motifs is 6. The second-order valence-corrected chi connectivity index (χ2v) is 14.9. The fraction of sp³-hybridized carbons (Fsp3) is 0.800. The van der Waals surface area contributed by atoms with Crippen LogP contribution in [-0.4, -0.2) is 54.0 Å². The minimum atomic E-state index is -0.271. The number of benzene rings is 1. The summed E-state index contributed by atoms with van der Waals surface area (Å²) in [6.07, 6.45) is 10.7. The van der Waals surface area contributed by atoms with Crippen LogP contribution in [0.15, 0.2) is 12.1 Å². The quantitative estimate of drug-likeness (QED) is 0.441. The molecule has 0 spiro atoms. The Labute approximate surface area is 247 Å². The van der Waals surface area contributed by atoms with Crippen LogP contribution in [0.5, 0.6) is 11.5 Å². The highest BCUT2D eigenvalue weighted by Crippen LogP contribution is 2.68. The van der Waals surface area contributed by atoms with E-state index in [2.05, 4.69) is 26.8 Å². The molecular weight excluding hydrogens is 514 g/mol. The first kappa shape index (κ1) is 29.3. The molecule has 6 heteroatoms. The average molecular weight is 568 g/mol. The van der Waals surface area contributed by atoms with Gasteiger partial charge in [0.15, 0.2) is 11.5 Å². The van der Waals surface area contributed by atoms with Crippen molar-refractivity contribution in [1.82, 2.24) is 4.90 Å². The minimum absolute atomic E-state index is 0.0549. The van der Waals surface area contributed by atoms with Crippen molar-refractivity contribution in [3.8, 4) is 11.5 Å². The molecule has 6 nitrogen and oxygen atoms in total. The first-order valence-corrected chi connectivity index (χ1v) is 16.5. The second kappa shape index (κ2) is 11.0. The predicted octanol–water partition coefficient (Wildman–Crippen LogP) is 6.00. The van der Waals surface area contributed by atoms with Gasteiger partial charge in [0.1, 0.15) is 0 Å². The fourth-order valence-corrected chi connectivity index (χ4v) is 11.0. The van der Waals surface area contributed by atoms with Crippen molar-refractivity contribution < 1.29 is 24.5 Å². The van der Waals surface area contributed by atoms with Gasteiger partial charge in [0.25, 0.3) is 0 Å². The lowest BCUT2D eigenvalue weighted by atomic mass is 9.43. The summed E-state index contributed by atoms with van der Waals surface area (Å²) in [6, 6.07) is 4.08. The zero-order valence-electron chi connectivity index (χ0n) is 26.0. The third kappa shape index (κ3) is 4.80. The molecule has 0 bridgehead atoms. The van der Waals surface area contributed by atoms with Crippen molar-refractivity contribution in [2.24, 2.45) is 46.3 Å². The number of carbonyl (C=O) groups is 1. The van der Waals surface area contributed by atoms with E-state index in [1.165, 1.54) is 31.2 Å². The van der Waals surface area contributed by atoms with E-state index in [1.54, 1.807) is 14.2 Å². The maximum Gasteiger partial charge on any atom is 0.222 e. The first-order valence-electron chi connectivity index (χ1n) is 16.5. The summed E-state index contributed by atoms with van der Waals surface area (Å²) in [4.78, 5) is 15.4. The summed E-state index contributed by atoms with van der Waals surface area (Å²) >= 11 is 0. The molecule has 4 saturated carbocycles. The second-order valence-electron chi connectivity index (χ2n) is 14.9. The molecule has 1 aliphatic heterocycles. The molecule has 1 amide bonds. The maximum atomic E-state index is 13.4. The summed E-state index contributed by atoms with van der Waals surface area (Å²) in [5, 5.41) is 22.2. The molecule has 4 aliphatic carbocycles. The zero-order chi connectivity index (χ0) is 29.1. The van der Waals surface area contributed by atoms with Gasteiger partial charge in [-0.15, -0.1) is 0 Å². The van der Waals surface area contributed by atoms with Gasteiger partial charge in [-0.1, -0.05) is 20.8 Å². The van der Waals surface area contributed by atoms with Crippen LogP contribution in [0.1, 0.15) is 96.1 Å². The van der Waals surface area contributed by atoms with Crippen molar-refractivity contribution in [2.75, 3.05) is 20.8 Å². The molecule has 41 heavy (non-hydrogen) atoms. The van der Waals surface area contributed by atoms with Crippen molar-refractivity contribution in [2.45, 2.75) is 110 Å². The third-order valence-electron chi connectivity index (χ3n) is 13.4. The zero-order valence-corrected chi connectivity index (χ0v) is 26.0. The number of hydrogen-bond acceptors (Lipinski definition) is 5. The van der Waals surface area contributed by atoms with Crippen LogP contribution < -0.4 is 9.47 Å². The maximum absolute atomic E-state index is 13.4. The van der Waals surface area contributed by atoms with Gasteiger partial charge < -0.3 is 24.6 Å². The number of hydrogen-bond donors (Lipinski definition) is 2. The van der Waals surface area contributed by atoms with Gasteiger partial charge in [-0.2, -0.15) is 0 Å². The Bertz CT molecular complexity index is 1140. The third-order valence-corrected chi connectivity index (χ3v) is 13.4. The van der Waals surface area contributed by atoms with Gasteiger partial charge in [-0.25, -0.2) is 0 Å². The van der Waals surface area contributed by atoms with Gasteiger partial charge in [0.05, 0.1) is 26.4 Å². The SMILES string of the molecule is COc1cc2c(cc1OC)CN(C(=O)CCC(C)C1CCC3C4CCC5CC(O)CCC5(C)C4CC(O)C13C)CC2. The number of nitrogens with zero attached hydrogens (tertiary/aromatic N) is 1. The first-order chi connectivity index (χ1) is 19.6. The van der Waals surface area contributed by atoms with E-state index >= 15 is 0 Å². The highest BCUT2D eigenvalue weighted by atomic mass is 16.5. The van der Waals surface area contributed by atoms with Crippen LogP contribution in [0.2, 0.25) is 0 Å². The van der Waals surface area contributed by atoms with Crippen LogP contribution in [0.25, 0.3) is 0 Å². The van der Waals surface area contributed by atoms with E-state index in [4.69, 9.17) is 9.47 Å². The van der Waals surface area contributed by atoms with Crippen LogP contribution in [0.3, 0.4) is 0 Å². The molecule has 0 radical (unpaired) electrons. The number of carbonyl (C=O) groups excluding carboxylic acids is 1. The smallest absolute Gasteiger partial charge is 0.222 e. The van der Waals surface area contributed by atoms with Gasteiger partial charge in [0.2, 0.25) is 5.91 Å². The molecule has 0 aromatic heterocycles. The molecule has 228 valence electrons. The Hall–Kier alpha value is -1.79. The van der Waals surface area contributed by atoms with Crippen molar-refractivity contribution in [3.05, 3.63) is 23.3 Å². The molecule has 0 saturated heterocycles. The number of aliphatic hydroxyl groups is 2. The average Bonchev–Trinajstić information content (AvgIpc) is 3.34. The molecule has 1 heterocycles. The highest BCUT2D eigenvalue weighted by molar-refractivity contribution is 5.76. The molecule has 6 rings (SSSR count). The number of amides is 1. The Morgan fingerprint density at radius 3 is 2.46 bits per heavy atom. The molecule has 10 atom stereocenters. The summed E-state index contributed by atoms with van der Waals surface area (Å²) in [5.74, 6) is 5.06. The predicted molar refractivity (Wildman–Crippen MR) is 160 cm³/mol. The lowest BCUT2D eigenvalue weighted by Crippen LogP contribution is -2.58. The molecule has 10 unspecified atom stereocenters. The van der Waals surface area contributed by atoms with Crippen molar-refractivity contribution in [3.63, 3.8) is 0 Å². The fourth-order valence-electron chi connectivity index (χ4n) is 11.0. The molecular formula is C35H53NO5. The van der Waals surface area contributed by atoms with E-state index in [0.29, 0.717) is 48.5 Å². The minimum Gasteiger partial charge on any atom is -0.493 e. The van der Waals surface area contributed by atoms with E-state index in [0.717, 1.165) is 62.1 Å². The number of aliphatic hydroxyl groups excluding tert-OH is 2. The van der Waals surface area contributed by atoms with Gasteiger partial charge >= 0.3 is 0 Å². The Kier molecular flexibility index (Phi) is 7.89.